The number of aliphatic imine (C=N–C) groups is 1. The van der Waals surface area contributed by atoms with E-state index in [9.17, 15) is 8.42 Å². The molecule has 0 amide bonds. The highest BCUT2D eigenvalue weighted by atomic mass is 79.9. The van der Waals surface area contributed by atoms with Crippen LogP contribution in [0.2, 0.25) is 0 Å². The molecule has 6 rings (SSSR count). The standard InChI is InChI=1S/C41H44BrN5O2S2/c1-7-36(44-29(5)28(4)25-47-23-27(3)24-47)35-15-10-13-33(41(35)51(48,49)31-18-16-30(42)17-19-31)32-12-9-14-34(40(32)50-6)38-22-43-39(37(8-2)45-38)26-46-20-11-21-46/h7-10,12-19,22,27H,2,4,11,20-21,23-26H2,1,3,5-6H3/b36-7-,44-29-. The Balaban J connectivity index is 1.50. The molecule has 3 aromatic carbocycles. The van der Waals surface area contributed by atoms with E-state index < -0.39 is 9.84 Å². The Morgan fingerprint density at radius 3 is 2.35 bits per heavy atom. The second-order valence-corrected chi connectivity index (χ2v) is 16.8. The van der Waals surface area contributed by atoms with Gasteiger partial charge in [0.2, 0.25) is 9.84 Å². The van der Waals surface area contributed by atoms with Crippen LogP contribution in [-0.2, 0) is 16.4 Å². The number of thioether (sulfide) groups is 1. The van der Waals surface area contributed by atoms with E-state index in [1.807, 2.05) is 68.8 Å². The van der Waals surface area contributed by atoms with Crippen LogP contribution < -0.4 is 0 Å². The molecule has 1 aromatic heterocycles. The summed E-state index contributed by atoms with van der Waals surface area (Å²) in [5, 5.41) is 0. The minimum atomic E-state index is -4.04. The highest BCUT2D eigenvalue weighted by Crippen LogP contribution is 2.44. The Morgan fingerprint density at radius 2 is 1.73 bits per heavy atom. The highest BCUT2D eigenvalue weighted by molar-refractivity contribution is 9.10. The van der Waals surface area contributed by atoms with Gasteiger partial charge in [-0.25, -0.2) is 13.4 Å². The van der Waals surface area contributed by atoms with Gasteiger partial charge in [-0.3, -0.25) is 19.8 Å². The van der Waals surface area contributed by atoms with Gasteiger partial charge in [0.05, 0.1) is 38.8 Å². The summed E-state index contributed by atoms with van der Waals surface area (Å²) in [6.45, 7) is 20.1. The minimum absolute atomic E-state index is 0.202. The van der Waals surface area contributed by atoms with E-state index in [2.05, 4.69) is 45.8 Å². The molecule has 0 N–H and O–H groups in total. The molecule has 2 aliphatic rings. The number of halogens is 1. The summed E-state index contributed by atoms with van der Waals surface area (Å²) in [5.74, 6) is 0.686. The summed E-state index contributed by atoms with van der Waals surface area (Å²) in [6, 6.07) is 18.4. The minimum Gasteiger partial charge on any atom is -0.298 e. The number of hydrogen-bond acceptors (Lipinski definition) is 8. The van der Waals surface area contributed by atoms with Gasteiger partial charge in [0.15, 0.2) is 0 Å². The topological polar surface area (TPSA) is 78.8 Å². The van der Waals surface area contributed by atoms with E-state index in [1.165, 1.54) is 6.42 Å². The van der Waals surface area contributed by atoms with Crippen molar-refractivity contribution in [1.82, 2.24) is 19.8 Å². The van der Waals surface area contributed by atoms with Gasteiger partial charge < -0.3 is 0 Å². The van der Waals surface area contributed by atoms with Crippen LogP contribution in [0.25, 0.3) is 34.2 Å². The number of likely N-dealkylation sites (tertiary alicyclic amines) is 2. The monoisotopic (exact) mass is 781 g/mol. The van der Waals surface area contributed by atoms with Crippen molar-refractivity contribution in [3.05, 3.63) is 113 Å². The van der Waals surface area contributed by atoms with E-state index in [0.29, 0.717) is 28.4 Å². The maximum atomic E-state index is 14.9. The second kappa shape index (κ2) is 15.9. The lowest BCUT2D eigenvalue weighted by molar-refractivity contribution is 0.127. The van der Waals surface area contributed by atoms with Gasteiger partial charge in [-0.2, -0.15) is 0 Å². The highest BCUT2D eigenvalue weighted by Gasteiger charge is 2.29. The number of hydrogen-bond donors (Lipinski definition) is 0. The zero-order chi connectivity index (χ0) is 36.3. The summed E-state index contributed by atoms with van der Waals surface area (Å²) in [6.07, 6.45) is 8.67. The Bertz CT molecular complexity index is 2130. The summed E-state index contributed by atoms with van der Waals surface area (Å²) >= 11 is 5.02. The van der Waals surface area contributed by atoms with Gasteiger partial charge in [-0.05, 0) is 87.0 Å². The third kappa shape index (κ3) is 7.90. The molecule has 7 nitrogen and oxygen atoms in total. The van der Waals surface area contributed by atoms with E-state index in [-0.39, 0.29) is 9.79 Å². The SMILES string of the molecule is C=Cc1nc(-c2cccc(-c3cccc(C(=C/C)/N=C(/C)C(=C)CN4CC(C)C4)c3S(=O)(=O)c3ccc(Br)cc3)c2SC)cnc1CN1CCC1. The van der Waals surface area contributed by atoms with Crippen molar-refractivity contribution in [3.63, 3.8) is 0 Å². The van der Waals surface area contributed by atoms with Gasteiger partial charge in [-0.15, -0.1) is 11.8 Å². The molecule has 2 fully saturated rings. The molecule has 0 aliphatic carbocycles. The fraction of sp³-hybridized carbons (Fsp3) is 0.293. The van der Waals surface area contributed by atoms with Gasteiger partial charge >= 0.3 is 0 Å². The molecule has 10 heteroatoms. The first kappa shape index (κ1) is 37.1. The Hall–Kier alpha value is -3.67. The lowest BCUT2D eigenvalue weighted by Gasteiger charge is -2.37. The lowest BCUT2D eigenvalue weighted by atomic mass is 9.98. The molecule has 0 bridgehead atoms. The summed E-state index contributed by atoms with van der Waals surface area (Å²) < 4.78 is 30.5. The quantitative estimate of drug-likeness (QED) is 0.0989. The largest absolute Gasteiger partial charge is 0.298 e. The van der Waals surface area contributed by atoms with Gasteiger partial charge in [0.1, 0.15) is 0 Å². The van der Waals surface area contributed by atoms with Crippen molar-refractivity contribution in [2.24, 2.45) is 10.9 Å². The molecule has 0 spiro atoms. The predicted molar refractivity (Wildman–Crippen MR) is 216 cm³/mol. The van der Waals surface area contributed by atoms with Crippen molar-refractivity contribution in [1.29, 1.82) is 0 Å². The van der Waals surface area contributed by atoms with E-state index in [4.69, 9.17) is 15.0 Å². The summed E-state index contributed by atoms with van der Waals surface area (Å²) in [4.78, 5) is 20.9. The van der Waals surface area contributed by atoms with E-state index in [1.54, 1.807) is 42.1 Å². The Kier molecular flexibility index (Phi) is 11.6. The molecule has 3 heterocycles. The number of sulfone groups is 1. The molecule has 0 radical (unpaired) electrons. The fourth-order valence-corrected chi connectivity index (χ4v) is 9.33. The van der Waals surface area contributed by atoms with Gasteiger partial charge in [-0.1, -0.05) is 78.5 Å². The summed E-state index contributed by atoms with van der Waals surface area (Å²) in [7, 11) is -4.04. The van der Waals surface area contributed by atoms with Crippen molar-refractivity contribution in [2.75, 3.05) is 39.0 Å². The van der Waals surface area contributed by atoms with Crippen LogP contribution in [-0.4, -0.2) is 72.9 Å². The first-order valence-electron chi connectivity index (χ1n) is 17.2. The number of rotatable bonds is 13. The number of aromatic nitrogens is 2. The second-order valence-electron chi connectivity index (χ2n) is 13.2. The maximum absolute atomic E-state index is 14.9. The average Bonchev–Trinajstić information content (AvgIpc) is 3.10. The van der Waals surface area contributed by atoms with Gasteiger partial charge in [0.25, 0.3) is 0 Å². The molecule has 0 atom stereocenters. The normalized spacial score (nSPS) is 16.1. The fourth-order valence-electron chi connectivity index (χ4n) is 6.62. The average molecular weight is 783 g/mol. The van der Waals surface area contributed by atoms with Crippen LogP contribution in [0, 0.1) is 5.92 Å². The molecule has 0 unspecified atom stereocenters. The molecule has 2 aliphatic heterocycles. The van der Waals surface area contributed by atoms with Crippen molar-refractivity contribution < 1.29 is 8.42 Å². The third-order valence-corrected chi connectivity index (χ3v) is 12.7. The molecule has 264 valence electrons. The van der Waals surface area contributed by atoms with Crippen molar-refractivity contribution in [3.8, 4) is 22.4 Å². The first-order valence-corrected chi connectivity index (χ1v) is 20.7. The van der Waals surface area contributed by atoms with Crippen LogP contribution in [0.5, 0.6) is 0 Å². The maximum Gasteiger partial charge on any atom is 0.207 e. The molecular weight excluding hydrogens is 739 g/mol. The lowest BCUT2D eigenvalue weighted by Crippen LogP contribution is -2.46. The first-order chi connectivity index (χ1) is 24.5. The molecule has 51 heavy (non-hydrogen) atoms. The number of benzene rings is 3. The Labute approximate surface area is 315 Å². The molecular formula is C41H44BrN5O2S2. The van der Waals surface area contributed by atoms with Crippen LogP contribution >= 0.6 is 27.7 Å². The molecule has 0 saturated carbocycles. The van der Waals surface area contributed by atoms with Crippen LogP contribution in [0.15, 0.2) is 116 Å². The Morgan fingerprint density at radius 1 is 1.04 bits per heavy atom. The van der Waals surface area contributed by atoms with E-state index >= 15 is 0 Å². The van der Waals surface area contributed by atoms with Crippen molar-refractivity contribution in [2.45, 2.75) is 48.4 Å². The zero-order valence-corrected chi connectivity index (χ0v) is 32.9. The van der Waals surface area contributed by atoms with E-state index in [0.717, 1.165) is 82.4 Å². The van der Waals surface area contributed by atoms with Crippen molar-refractivity contribution >= 4 is 55.0 Å². The zero-order valence-electron chi connectivity index (χ0n) is 29.7. The van der Waals surface area contributed by atoms with Gasteiger partial charge in [0, 0.05) is 57.9 Å². The van der Waals surface area contributed by atoms with Crippen LogP contribution in [0.3, 0.4) is 0 Å². The number of allylic oxidation sites excluding steroid dienone is 1. The number of nitrogens with zero attached hydrogens (tertiary/aromatic N) is 5. The molecule has 4 aromatic rings. The predicted octanol–water partition coefficient (Wildman–Crippen LogP) is 9.31. The van der Waals surface area contributed by atoms with Crippen LogP contribution in [0.1, 0.15) is 44.1 Å². The van der Waals surface area contributed by atoms with Crippen LogP contribution in [0.4, 0.5) is 0 Å². The smallest absolute Gasteiger partial charge is 0.207 e. The molecule has 2 saturated heterocycles. The summed E-state index contributed by atoms with van der Waals surface area (Å²) in [5.41, 5.74) is 7.43. The third-order valence-electron chi connectivity index (χ3n) is 9.49.